The second-order valence-corrected chi connectivity index (χ2v) is 6.41. The predicted octanol–water partition coefficient (Wildman–Crippen LogP) is 2.36. The first-order chi connectivity index (χ1) is 11.4. The number of carboxylic acid groups (broad SMARTS) is 2. The summed E-state index contributed by atoms with van der Waals surface area (Å²) < 4.78 is 5.21. The Kier molecular flexibility index (Phi) is 5.93. The highest BCUT2D eigenvalue weighted by atomic mass is 32.2. The summed E-state index contributed by atoms with van der Waals surface area (Å²) >= 11 is 6.05. The number of carbonyl (C=O) groups excluding carboxylic acids is 1. The van der Waals surface area contributed by atoms with Gasteiger partial charge in [0.2, 0.25) is 0 Å². The molecule has 1 atom stereocenters. The minimum atomic E-state index is -1.30. The summed E-state index contributed by atoms with van der Waals surface area (Å²) in [5.74, 6) is -2.37. The molecule has 0 aromatic carbocycles. The Labute approximate surface area is 146 Å². The van der Waals surface area contributed by atoms with Crippen molar-refractivity contribution in [1.82, 2.24) is 4.90 Å². The lowest BCUT2D eigenvalue weighted by molar-refractivity contribution is -0.146. The first-order valence-electron chi connectivity index (χ1n) is 6.82. The van der Waals surface area contributed by atoms with E-state index in [1.165, 1.54) is 12.3 Å². The number of carbonyl (C=O) groups is 3. The zero-order valence-electron chi connectivity index (χ0n) is 12.2. The highest BCUT2D eigenvalue weighted by Crippen LogP contribution is 2.33. The second kappa shape index (κ2) is 7.93. The molecule has 1 amide bonds. The van der Waals surface area contributed by atoms with E-state index in [1.807, 2.05) is 0 Å². The van der Waals surface area contributed by atoms with Gasteiger partial charge in [0.05, 0.1) is 11.2 Å². The van der Waals surface area contributed by atoms with Gasteiger partial charge in [0.1, 0.15) is 16.1 Å². The molecular weight excluding hydrogens is 354 g/mol. The molecule has 2 rings (SSSR count). The number of rotatable bonds is 7. The standard InChI is InChI=1S/C15H13NO6S2/c17-12(18)7-6-10(14(20)21)16-13(19)11(24-15(16)23)5-1-3-9-4-2-8-22-9/h1-5,8,10H,6-7H2,(H,17,18)(H,20,21)/b3-1+,11-5-/t10-/m0/s1. The highest BCUT2D eigenvalue weighted by molar-refractivity contribution is 8.26. The Morgan fingerprint density at radius 1 is 1.42 bits per heavy atom. The van der Waals surface area contributed by atoms with Crippen LogP contribution in [0.25, 0.3) is 6.08 Å². The Morgan fingerprint density at radius 3 is 2.75 bits per heavy atom. The number of aliphatic carboxylic acids is 2. The van der Waals surface area contributed by atoms with Crippen molar-refractivity contribution < 1.29 is 29.0 Å². The van der Waals surface area contributed by atoms with Gasteiger partial charge in [-0.1, -0.05) is 30.1 Å². The lowest BCUT2D eigenvalue weighted by Gasteiger charge is -2.22. The van der Waals surface area contributed by atoms with Crippen molar-refractivity contribution in [3.8, 4) is 0 Å². The molecule has 24 heavy (non-hydrogen) atoms. The van der Waals surface area contributed by atoms with E-state index in [0.717, 1.165) is 16.7 Å². The molecule has 0 aliphatic carbocycles. The fourth-order valence-corrected chi connectivity index (χ4v) is 3.31. The van der Waals surface area contributed by atoms with Crippen molar-refractivity contribution in [2.24, 2.45) is 0 Å². The van der Waals surface area contributed by atoms with Crippen molar-refractivity contribution in [3.63, 3.8) is 0 Å². The molecule has 1 saturated heterocycles. The van der Waals surface area contributed by atoms with Gasteiger partial charge in [-0.05, 0) is 30.7 Å². The van der Waals surface area contributed by atoms with Crippen LogP contribution < -0.4 is 0 Å². The lowest BCUT2D eigenvalue weighted by atomic mass is 10.1. The molecule has 1 aromatic rings. The third-order valence-corrected chi connectivity index (χ3v) is 4.45. The number of hydrogen-bond donors (Lipinski definition) is 2. The van der Waals surface area contributed by atoms with E-state index in [-0.39, 0.29) is 22.1 Å². The number of amides is 1. The maximum absolute atomic E-state index is 12.4. The Bertz CT molecular complexity index is 722. The molecule has 7 nitrogen and oxygen atoms in total. The van der Waals surface area contributed by atoms with Gasteiger partial charge in [-0.2, -0.15) is 0 Å². The first-order valence-corrected chi connectivity index (χ1v) is 8.04. The zero-order chi connectivity index (χ0) is 17.7. The predicted molar refractivity (Wildman–Crippen MR) is 91.2 cm³/mol. The third kappa shape index (κ3) is 4.33. The summed E-state index contributed by atoms with van der Waals surface area (Å²) in [6.07, 6.45) is 5.68. The Morgan fingerprint density at radius 2 is 2.17 bits per heavy atom. The number of thiocarbonyl (C=S) groups is 1. The summed E-state index contributed by atoms with van der Waals surface area (Å²) in [4.78, 5) is 35.6. The number of furan rings is 1. The van der Waals surface area contributed by atoms with Crippen LogP contribution in [0.1, 0.15) is 18.6 Å². The lowest BCUT2D eigenvalue weighted by Crippen LogP contribution is -2.44. The minimum absolute atomic E-state index is 0.0930. The van der Waals surface area contributed by atoms with Crippen LogP contribution in [0.3, 0.4) is 0 Å². The van der Waals surface area contributed by atoms with Gasteiger partial charge in [-0.15, -0.1) is 0 Å². The molecule has 0 saturated carbocycles. The molecule has 0 spiro atoms. The fraction of sp³-hybridized carbons (Fsp3) is 0.200. The monoisotopic (exact) mass is 367 g/mol. The van der Waals surface area contributed by atoms with Gasteiger partial charge >= 0.3 is 11.9 Å². The summed E-state index contributed by atoms with van der Waals surface area (Å²) in [6.45, 7) is 0. The van der Waals surface area contributed by atoms with Crippen LogP contribution in [-0.4, -0.2) is 43.3 Å². The van der Waals surface area contributed by atoms with E-state index in [2.05, 4.69) is 0 Å². The molecule has 126 valence electrons. The van der Waals surface area contributed by atoms with Crippen LogP contribution in [-0.2, 0) is 14.4 Å². The van der Waals surface area contributed by atoms with E-state index in [1.54, 1.807) is 24.3 Å². The van der Waals surface area contributed by atoms with Crippen LogP contribution in [0, 0.1) is 0 Å². The molecule has 1 aliphatic rings. The number of allylic oxidation sites excluding steroid dienone is 2. The molecule has 9 heteroatoms. The first kappa shape index (κ1) is 18.0. The molecule has 0 bridgehead atoms. The molecule has 0 radical (unpaired) electrons. The van der Waals surface area contributed by atoms with Gasteiger partial charge in [-0.25, -0.2) is 4.79 Å². The topological polar surface area (TPSA) is 108 Å². The Balaban J connectivity index is 2.14. The average Bonchev–Trinajstić information content (AvgIpc) is 3.10. The molecule has 2 N–H and O–H groups in total. The molecule has 1 aliphatic heterocycles. The van der Waals surface area contributed by atoms with Crippen molar-refractivity contribution in [2.75, 3.05) is 0 Å². The largest absolute Gasteiger partial charge is 0.481 e. The van der Waals surface area contributed by atoms with E-state index in [9.17, 15) is 19.5 Å². The number of hydrogen-bond acceptors (Lipinski definition) is 6. The van der Waals surface area contributed by atoms with Gasteiger partial charge in [0.25, 0.3) is 5.91 Å². The van der Waals surface area contributed by atoms with Crippen LogP contribution in [0.5, 0.6) is 0 Å². The van der Waals surface area contributed by atoms with Crippen LogP contribution in [0.4, 0.5) is 0 Å². The quantitative estimate of drug-likeness (QED) is 0.558. The average molecular weight is 367 g/mol. The Hall–Kier alpha value is -2.39. The fourth-order valence-electron chi connectivity index (χ4n) is 2.00. The minimum Gasteiger partial charge on any atom is -0.481 e. The molecule has 0 unspecified atom stereocenters. The van der Waals surface area contributed by atoms with Crippen molar-refractivity contribution in [2.45, 2.75) is 18.9 Å². The van der Waals surface area contributed by atoms with Crippen molar-refractivity contribution in [3.05, 3.63) is 41.2 Å². The van der Waals surface area contributed by atoms with Gasteiger partial charge < -0.3 is 14.6 Å². The summed E-state index contributed by atoms with van der Waals surface area (Å²) in [5.41, 5.74) is 0. The zero-order valence-corrected chi connectivity index (χ0v) is 13.9. The third-order valence-electron chi connectivity index (χ3n) is 3.10. The van der Waals surface area contributed by atoms with Crippen LogP contribution in [0.2, 0.25) is 0 Å². The number of thioether (sulfide) groups is 1. The van der Waals surface area contributed by atoms with Gasteiger partial charge in [0, 0.05) is 6.42 Å². The van der Waals surface area contributed by atoms with E-state index >= 15 is 0 Å². The maximum Gasteiger partial charge on any atom is 0.326 e. The molecular formula is C15H13NO6S2. The summed E-state index contributed by atoms with van der Waals surface area (Å²) in [6, 6.07) is 2.16. The van der Waals surface area contributed by atoms with E-state index in [0.29, 0.717) is 5.76 Å². The van der Waals surface area contributed by atoms with Gasteiger partial charge in [0.15, 0.2) is 0 Å². The SMILES string of the molecule is O=C(O)CC[C@@H](C(=O)O)N1C(=O)/C(=C/C=C/c2ccco2)SC1=S. The highest BCUT2D eigenvalue weighted by Gasteiger charge is 2.40. The number of nitrogens with zero attached hydrogens (tertiary/aromatic N) is 1. The number of carboxylic acids is 2. The van der Waals surface area contributed by atoms with Gasteiger partial charge in [-0.3, -0.25) is 14.5 Å². The molecule has 1 aromatic heterocycles. The van der Waals surface area contributed by atoms with E-state index < -0.39 is 23.9 Å². The van der Waals surface area contributed by atoms with Crippen LogP contribution in [0.15, 0.2) is 39.9 Å². The normalized spacial score (nSPS) is 17.8. The van der Waals surface area contributed by atoms with Crippen molar-refractivity contribution >= 4 is 52.2 Å². The molecule has 2 heterocycles. The summed E-state index contributed by atoms with van der Waals surface area (Å²) in [5, 5.41) is 18.0. The second-order valence-electron chi connectivity index (χ2n) is 4.74. The summed E-state index contributed by atoms with van der Waals surface area (Å²) in [7, 11) is 0. The van der Waals surface area contributed by atoms with Crippen molar-refractivity contribution in [1.29, 1.82) is 0 Å². The van der Waals surface area contributed by atoms with Crippen LogP contribution >= 0.6 is 24.0 Å². The smallest absolute Gasteiger partial charge is 0.326 e. The van der Waals surface area contributed by atoms with E-state index in [4.69, 9.17) is 21.7 Å². The molecule has 1 fully saturated rings. The maximum atomic E-state index is 12.4.